The summed E-state index contributed by atoms with van der Waals surface area (Å²) >= 11 is 0. The van der Waals surface area contributed by atoms with Gasteiger partial charge in [0.05, 0.1) is 6.61 Å². The zero-order valence-electron chi connectivity index (χ0n) is 18.5. The molecule has 2 rings (SSSR count). The topological polar surface area (TPSA) is 79.4 Å². The van der Waals surface area contributed by atoms with Crippen molar-refractivity contribution in [1.29, 1.82) is 0 Å². The summed E-state index contributed by atoms with van der Waals surface area (Å²) in [6, 6.07) is 2.29. The van der Waals surface area contributed by atoms with Gasteiger partial charge in [-0.05, 0) is 44.1 Å². The molecule has 2 N–H and O–H groups in total. The molecule has 0 saturated heterocycles. The SMILES string of the molecule is CCCCCCCCOC(=O)NCC1CCC(Nc2nccc(N(C)C)n2)CC1. The van der Waals surface area contributed by atoms with Gasteiger partial charge in [0.2, 0.25) is 5.95 Å². The summed E-state index contributed by atoms with van der Waals surface area (Å²) in [5.74, 6) is 2.11. The lowest BCUT2D eigenvalue weighted by Gasteiger charge is -2.29. The van der Waals surface area contributed by atoms with Crippen LogP contribution in [0.15, 0.2) is 12.3 Å². The Labute approximate surface area is 176 Å². The summed E-state index contributed by atoms with van der Waals surface area (Å²) in [6.07, 6.45) is 13.0. The standard InChI is InChI=1S/C22H39N5O2/c1-4-5-6-7-8-9-16-29-22(28)24-17-18-10-12-19(13-11-18)25-21-23-15-14-20(26-21)27(2)3/h14-15,18-19H,4-13,16-17H2,1-3H3,(H,24,28)(H,23,25,26). The predicted molar refractivity (Wildman–Crippen MR) is 118 cm³/mol. The number of unbranched alkanes of at least 4 members (excludes halogenated alkanes) is 5. The van der Waals surface area contributed by atoms with E-state index in [9.17, 15) is 4.79 Å². The first-order valence-electron chi connectivity index (χ1n) is 11.3. The summed E-state index contributed by atoms with van der Waals surface area (Å²) < 4.78 is 5.29. The Bertz CT molecular complexity index is 588. The molecule has 0 radical (unpaired) electrons. The van der Waals surface area contributed by atoms with Crippen molar-refractivity contribution < 1.29 is 9.53 Å². The number of aromatic nitrogens is 2. The Morgan fingerprint density at radius 1 is 1.14 bits per heavy atom. The third kappa shape index (κ3) is 9.33. The fraction of sp³-hybridized carbons (Fsp3) is 0.773. The minimum atomic E-state index is -0.271. The second-order valence-corrected chi connectivity index (χ2v) is 8.28. The van der Waals surface area contributed by atoms with Crippen LogP contribution in [0.2, 0.25) is 0 Å². The molecule has 7 nitrogen and oxygen atoms in total. The summed E-state index contributed by atoms with van der Waals surface area (Å²) in [4.78, 5) is 22.7. The second kappa shape index (κ2) is 13.2. The molecule has 1 saturated carbocycles. The van der Waals surface area contributed by atoms with Crippen LogP contribution in [0.5, 0.6) is 0 Å². The van der Waals surface area contributed by atoms with Gasteiger partial charge in [0.25, 0.3) is 0 Å². The number of carbonyl (C=O) groups excluding carboxylic acids is 1. The van der Waals surface area contributed by atoms with Gasteiger partial charge in [-0.15, -0.1) is 0 Å². The lowest BCUT2D eigenvalue weighted by molar-refractivity contribution is 0.141. The van der Waals surface area contributed by atoms with Crippen LogP contribution in [0, 0.1) is 5.92 Å². The van der Waals surface area contributed by atoms with E-state index in [1.807, 2.05) is 25.1 Å². The molecule has 1 aliphatic rings. The molecule has 29 heavy (non-hydrogen) atoms. The van der Waals surface area contributed by atoms with Crippen LogP contribution in [0.3, 0.4) is 0 Å². The Morgan fingerprint density at radius 3 is 2.59 bits per heavy atom. The largest absolute Gasteiger partial charge is 0.450 e. The number of hydrogen-bond donors (Lipinski definition) is 2. The fourth-order valence-corrected chi connectivity index (χ4v) is 3.69. The maximum absolute atomic E-state index is 11.8. The number of carbonyl (C=O) groups is 1. The van der Waals surface area contributed by atoms with Gasteiger partial charge in [-0.1, -0.05) is 39.0 Å². The zero-order chi connectivity index (χ0) is 20.9. The van der Waals surface area contributed by atoms with E-state index in [1.54, 1.807) is 6.20 Å². The number of rotatable bonds is 12. The molecule has 164 valence electrons. The van der Waals surface area contributed by atoms with Crippen LogP contribution in [0.25, 0.3) is 0 Å². The first-order valence-corrected chi connectivity index (χ1v) is 11.3. The molecule has 1 heterocycles. The number of hydrogen-bond acceptors (Lipinski definition) is 6. The number of ether oxygens (including phenoxy) is 1. The summed E-state index contributed by atoms with van der Waals surface area (Å²) in [5.41, 5.74) is 0. The van der Waals surface area contributed by atoms with Crippen LogP contribution in [0.1, 0.15) is 71.1 Å². The van der Waals surface area contributed by atoms with Gasteiger partial charge in [0.15, 0.2) is 0 Å². The molecule has 1 amide bonds. The highest BCUT2D eigenvalue weighted by molar-refractivity contribution is 5.67. The molecule has 0 bridgehead atoms. The average molecular weight is 406 g/mol. The van der Waals surface area contributed by atoms with Crippen LogP contribution in [0.4, 0.5) is 16.6 Å². The highest BCUT2D eigenvalue weighted by Gasteiger charge is 2.22. The Kier molecular flexibility index (Phi) is 10.6. The van der Waals surface area contributed by atoms with Crippen LogP contribution in [-0.4, -0.2) is 49.4 Å². The molecule has 1 aliphatic carbocycles. The van der Waals surface area contributed by atoms with E-state index in [2.05, 4.69) is 27.5 Å². The molecular weight excluding hydrogens is 366 g/mol. The van der Waals surface area contributed by atoms with E-state index in [-0.39, 0.29) is 6.09 Å². The van der Waals surface area contributed by atoms with Gasteiger partial charge >= 0.3 is 6.09 Å². The maximum atomic E-state index is 11.8. The monoisotopic (exact) mass is 405 g/mol. The third-order valence-corrected chi connectivity index (χ3v) is 5.55. The van der Waals surface area contributed by atoms with E-state index in [0.29, 0.717) is 31.1 Å². The number of alkyl carbamates (subject to hydrolysis) is 1. The van der Waals surface area contributed by atoms with Crippen LogP contribution < -0.4 is 15.5 Å². The highest BCUT2D eigenvalue weighted by Crippen LogP contribution is 2.25. The molecule has 0 aliphatic heterocycles. The third-order valence-electron chi connectivity index (χ3n) is 5.55. The minimum absolute atomic E-state index is 0.271. The lowest BCUT2D eigenvalue weighted by Crippen LogP contribution is -2.34. The van der Waals surface area contributed by atoms with Gasteiger partial charge in [0.1, 0.15) is 5.82 Å². The van der Waals surface area contributed by atoms with Crippen molar-refractivity contribution in [3.63, 3.8) is 0 Å². The number of amides is 1. The van der Waals surface area contributed by atoms with Crippen molar-refractivity contribution in [2.75, 3.05) is 37.5 Å². The highest BCUT2D eigenvalue weighted by atomic mass is 16.5. The van der Waals surface area contributed by atoms with Gasteiger partial charge in [0, 0.05) is 32.9 Å². The van der Waals surface area contributed by atoms with E-state index >= 15 is 0 Å². The van der Waals surface area contributed by atoms with Gasteiger partial charge in [-0.3, -0.25) is 0 Å². The molecule has 0 atom stereocenters. The zero-order valence-corrected chi connectivity index (χ0v) is 18.5. The van der Waals surface area contributed by atoms with E-state index in [1.165, 1.54) is 25.7 Å². The van der Waals surface area contributed by atoms with Crippen molar-refractivity contribution >= 4 is 17.9 Å². The van der Waals surface area contributed by atoms with E-state index < -0.39 is 0 Å². The molecular formula is C22H39N5O2. The molecule has 1 fully saturated rings. The first kappa shape index (κ1) is 23.2. The lowest BCUT2D eigenvalue weighted by atomic mass is 9.86. The Morgan fingerprint density at radius 2 is 1.86 bits per heavy atom. The Balaban J connectivity index is 1.55. The summed E-state index contributed by atoms with van der Waals surface area (Å²) in [7, 11) is 3.95. The number of nitrogens with one attached hydrogen (secondary N) is 2. The molecule has 1 aromatic heterocycles. The average Bonchev–Trinajstić information content (AvgIpc) is 2.73. The fourth-order valence-electron chi connectivity index (χ4n) is 3.69. The second-order valence-electron chi connectivity index (χ2n) is 8.28. The van der Waals surface area contributed by atoms with Crippen molar-refractivity contribution in [1.82, 2.24) is 15.3 Å². The number of anilines is 2. The van der Waals surface area contributed by atoms with E-state index in [4.69, 9.17) is 4.74 Å². The van der Waals surface area contributed by atoms with Gasteiger partial charge < -0.3 is 20.3 Å². The maximum Gasteiger partial charge on any atom is 0.407 e. The normalized spacial score (nSPS) is 18.9. The first-order chi connectivity index (χ1) is 14.1. The quantitative estimate of drug-likeness (QED) is 0.495. The molecule has 0 spiro atoms. The van der Waals surface area contributed by atoms with Gasteiger partial charge in [-0.2, -0.15) is 4.98 Å². The van der Waals surface area contributed by atoms with Gasteiger partial charge in [-0.25, -0.2) is 9.78 Å². The van der Waals surface area contributed by atoms with Crippen molar-refractivity contribution in [2.45, 2.75) is 77.2 Å². The smallest absolute Gasteiger partial charge is 0.407 e. The van der Waals surface area contributed by atoms with Crippen molar-refractivity contribution in [3.05, 3.63) is 12.3 Å². The molecule has 1 aromatic rings. The van der Waals surface area contributed by atoms with Crippen molar-refractivity contribution in [2.24, 2.45) is 5.92 Å². The van der Waals surface area contributed by atoms with Crippen molar-refractivity contribution in [3.8, 4) is 0 Å². The minimum Gasteiger partial charge on any atom is -0.450 e. The molecule has 0 unspecified atom stereocenters. The van der Waals surface area contributed by atoms with Crippen LogP contribution in [-0.2, 0) is 4.74 Å². The van der Waals surface area contributed by atoms with Crippen LogP contribution >= 0.6 is 0 Å². The summed E-state index contributed by atoms with van der Waals surface area (Å²) in [6.45, 7) is 3.45. The Hall–Kier alpha value is -2.05. The van der Waals surface area contributed by atoms with E-state index in [0.717, 1.165) is 44.3 Å². The summed E-state index contributed by atoms with van der Waals surface area (Å²) in [5, 5.41) is 6.39. The number of nitrogens with zero attached hydrogens (tertiary/aromatic N) is 3. The predicted octanol–water partition coefficient (Wildman–Crippen LogP) is 4.60. The molecule has 7 heteroatoms. The molecule has 0 aromatic carbocycles.